The number of halogens is 2. The zero-order valence-corrected chi connectivity index (χ0v) is 11.9. The van der Waals surface area contributed by atoms with Gasteiger partial charge in [-0.3, -0.25) is 0 Å². The van der Waals surface area contributed by atoms with Crippen molar-refractivity contribution in [1.29, 1.82) is 0 Å². The fourth-order valence-electron chi connectivity index (χ4n) is 2.09. The van der Waals surface area contributed by atoms with Crippen LogP contribution < -0.4 is 5.32 Å². The molecule has 0 aliphatic carbocycles. The number of nitrogens with one attached hydrogen (secondary N) is 1. The molecule has 0 saturated carbocycles. The average molecular weight is 318 g/mol. The summed E-state index contributed by atoms with van der Waals surface area (Å²) in [4.78, 5) is 0. The zero-order chi connectivity index (χ0) is 13.0. The van der Waals surface area contributed by atoms with Crippen LogP contribution in [0.4, 0.5) is 4.39 Å². The Hall–Kier alpha value is -0.490. The molecule has 1 N–H and O–H groups in total. The Bertz CT molecular complexity index is 376. The minimum absolute atomic E-state index is 0.139. The van der Waals surface area contributed by atoms with Crippen LogP contribution in [0.2, 0.25) is 0 Å². The summed E-state index contributed by atoms with van der Waals surface area (Å²) in [5.41, 5.74) is 0.958. The standard InChI is InChI=1S/C13H17BrFNO2/c1-16-12(8-13-17-2-3-18-13)6-9-4-10(14)7-11(15)5-9/h4-5,7,12-13,16H,2-3,6,8H2,1H3. The molecule has 0 radical (unpaired) electrons. The Morgan fingerprint density at radius 3 is 2.72 bits per heavy atom. The molecule has 0 aromatic heterocycles. The summed E-state index contributed by atoms with van der Waals surface area (Å²) in [5, 5.41) is 3.22. The number of rotatable bonds is 5. The first-order valence-corrected chi connectivity index (χ1v) is 6.82. The van der Waals surface area contributed by atoms with Gasteiger partial charge in [-0.15, -0.1) is 0 Å². The lowest BCUT2D eigenvalue weighted by molar-refractivity contribution is -0.0522. The van der Waals surface area contributed by atoms with Crippen molar-refractivity contribution in [1.82, 2.24) is 5.32 Å². The van der Waals surface area contributed by atoms with Gasteiger partial charge in [0.15, 0.2) is 6.29 Å². The fraction of sp³-hybridized carbons (Fsp3) is 0.538. The van der Waals surface area contributed by atoms with Crippen LogP contribution in [0, 0.1) is 5.82 Å². The first-order chi connectivity index (χ1) is 8.67. The topological polar surface area (TPSA) is 30.5 Å². The van der Waals surface area contributed by atoms with Crippen molar-refractivity contribution < 1.29 is 13.9 Å². The Kier molecular flexibility index (Phi) is 5.12. The maximum absolute atomic E-state index is 13.3. The molecule has 1 aliphatic heterocycles. The molecule has 1 atom stereocenters. The van der Waals surface area contributed by atoms with Gasteiger partial charge in [0, 0.05) is 16.9 Å². The van der Waals surface area contributed by atoms with Crippen molar-refractivity contribution in [3.8, 4) is 0 Å². The molecule has 18 heavy (non-hydrogen) atoms. The summed E-state index contributed by atoms with van der Waals surface area (Å²) in [6.45, 7) is 1.32. The highest BCUT2D eigenvalue weighted by Gasteiger charge is 2.20. The summed E-state index contributed by atoms with van der Waals surface area (Å²) in [6.07, 6.45) is 1.38. The van der Waals surface area contributed by atoms with Gasteiger partial charge in [0.05, 0.1) is 13.2 Å². The van der Waals surface area contributed by atoms with Gasteiger partial charge in [0.2, 0.25) is 0 Å². The highest BCUT2D eigenvalue weighted by Crippen LogP contribution is 2.18. The highest BCUT2D eigenvalue weighted by atomic mass is 79.9. The summed E-state index contributed by atoms with van der Waals surface area (Å²) in [6, 6.07) is 5.16. The monoisotopic (exact) mass is 317 g/mol. The number of likely N-dealkylation sites (N-methyl/N-ethyl adjacent to an activating group) is 1. The van der Waals surface area contributed by atoms with Gasteiger partial charge in [-0.05, 0) is 37.2 Å². The molecular formula is C13H17BrFNO2. The maximum atomic E-state index is 13.3. The van der Waals surface area contributed by atoms with E-state index in [1.807, 2.05) is 13.1 Å². The van der Waals surface area contributed by atoms with Gasteiger partial charge in [-0.2, -0.15) is 0 Å². The normalized spacial score (nSPS) is 18.2. The zero-order valence-electron chi connectivity index (χ0n) is 10.3. The Morgan fingerprint density at radius 2 is 2.11 bits per heavy atom. The van der Waals surface area contributed by atoms with E-state index in [-0.39, 0.29) is 18.1 Å². The number of benzene rings is 1. The molecule has 100 valence electrons. The van der Waals surface area contributed by atoms with Crippen LogP contribution in [0.3, 0.4) is 0 Å². The van der Waals surface area contributed by atoms with Gasteiger partial charge in [-0.1, -0.05) is 15.9 Å². The van der Waals surface area contributed by atoms with Crippen molar-refractivity contribution in [2.45, 2.75) is 25.2 Å². The van der Waals surface area contributed by atoms with Crippen LogP contribution >= 0.6 is 15.9 Å². The third kappa shape index (κ3) is 4.02. The SMILES string of the molecule is CNC(Cc1cc(F)cc(Br)c1)CC1OCCO1. The lowest BCUT2D eigenvalue weighted by Crippen LogP contribution is -2.32. The molecule has 1 heterocycles. The lowest BCUT2D eigenvalue weighted by Gasteiger charge is -2.19. The Morgan fingerprint density at radius 1 is 1.39 bits per heavy atom. The van der Waals surface area contributed by atoms with Crippen LogP contribution in [-0.2, 0) is 15.9 Å². The van der Waals surface area contributed by atoms with Crippen molar-refractivity contribution in [3.63, 3.8) is 0 Å². The first-order valence-electron chi connectivity index (χ1n) is 6.03. The number of hydrogen-bond acceptors (Lipinski definition) is 3. The van der Waals surface area contributed by atoms with Crippen molar-refractivity contribution in [2.24, 2.45) is 0 Å². The Balaban J connectivity index is 1.95. The predicted octanol–water partition coefficient (Wildman–Crippen LogP) is 2.48. The third-order valence-electron chi connectivity index (χ3n) is 2.98. The molecule has 0 amide bonds. The maximum Gasteiger partial charge on any atom is 0.159 e. The summed E-state index contributed by atoms with van der Waals surface area (Å²) < 4.78 is 24.9. The number of ether oxygens (including phenoxy) is 2. The molecule has 0 bridgehead atoms. The van der Waals surface area contributed by atoms with Crippen molar-refractivity contribution in [3.05, 3.63) is 34.1 Å². The van der Waals surface area contributed by atoms with Crippen LogP contribution in [0.5, 0.6) is 0 Å². The van der Waals surface area contributed by atoms with Gasteiger partial charge in [0.1, 0.15) is 5.82 Å². The summed E-state index contributed by atoms with van der Waals surface area (Å²) >= 11 is 3.30. The van der Waals surface area contributed by atoms with Crippen LogP contribution in [0.25, 0.3) is 0 Å². The smallest absolute Gasteiger partial charge is 0.159 e. The average Bonchev–Trinajstić information content (AvgIpc) is 2.79. The second-order valence-corrected chi connectivity index (χ2v) is 5.29. The van der Waals surface area contributed by atoms with E-state index in [9.17, 15) is 4.39 Å². The lowest BCUT2D eigenvalue weighted by atomic mass is 10.0. The molecule has 1 fully saturated rings. The molecule has 5 heteroatoms. The van der Waals surface area contributed by atoms with E-state index in [0.717, 1.165) is 22.9 Å². The van der Waals surface area contributed by atoms with E-state index >= 15 is 0 Å². The molecular weight excluding hydrogens is 301 g/mol. The van der Waals surface area contributed by atoms with E-state index in [1.54, 1.807) is 6.07 Å². The summed E-state index contributed by atoms with van der Waals surface area (Å²) in [5.74, 6) is -0.220. The van der Waals surface area contributed by atoms with Crippen LogP contribution in [0.1, 0.15) is 12.0 Å². The molecule has 1 aromatic carbocycles. The Labute approximate surface area is 115 Å². The summed E-state index contributed by atoms with van der Waals surface area (Å²) in [7, 11) is 1.90. The molecule has 1 saturated heterocycles. The minimum Gasteiger partial charge on any atom is -0.350 e. The van der Waals surface area contributed by atoms with Crippen molar-refractivity contribution in [2.75, 3.05) is 20.3 Å². The molecule has 0 spiro atoms. The second-order valence-electron chi connectivity index (χ2n) is 4.37. The largest absolute Gasteiger partial charge is 0.350 e. The third-order valence-corrected chi connectivity index (χ3v) is 3.44. The van der Waals surface area contributed by atoms with E-state index in [0.29, 0.717) is 13.2 Å². The second kappa shape index (κ2) is 6.61. The van der Waals surface area contributed by atoms with Gasteiger partial charge in [0.25, 0.3) is 0 Å². The molecule has 2 rings (SSSR count). The van der Waals surface area contributed by atoms with Crippen molar-refractivity contribution >= 4 is 15.9 Å². The van der Waals surface area contributed by atoms with Gasteiger partial charge < -0.3 is 14.8 Å². The van der Waals surface area contributed by atoms with E-state index < -0.39 is 0 Å². The molecule has 3 nitrogen and oxygen atoms in total. The molecule has 1 unspecified atom stereocenters. The van der Waals surface area contributed by atoms with Crippen LogP contribution in [0.15, 0.2) is 22.7 Å². The minimum atomic E-state index is -0.220. The van der Waals surface area contributed by atoms with Gasteiger partial charge >= 0.3 is 0 Å². The quantitative estimate of drug-likeness (QED) is 0.905. The number of hydrogen-bond donors (Lipinski definition) is 1. The van der Waals surface area contributed by atoms with Crippen LogP contribution in [-0.4, -0.2) is 32.6 Å². The first kappa shape index (κ1) is 13.9. The van der Waals surface area contributed by atoms with E-state index in [1.165, 1.54) is 6.07 Å². The predicted molar refractivity (Wildman–Crippen MR) is 71.0 cm³/mol. The van der Waals surface area contributed by atoms with E-state index in [2.05, 4.69) is 21.2 Å². The van der Waals surface area contributed by atoms with Gasteiger partial charge in [-0.25, -0.2) is 4.39 Å². The van der Waals surface area contributed by atoms with E-state index in [4.69, 9.17) is 9.47 Å². The molecule has 1 aliphatic rings. The molecule has 1 aromatic rings. The highest BCUT2D eigenvalue weighted by molar-refractivity contribution is 9.10. The fourth-order valence-corrected chi connectivity index (χ4v) is 2.60.